The van der Waals surface area contributed by atoms with E-state index < -0.39 is 0 Å². The number of oxazole rings is 1. The molecule has 0 aliphatic heterocycles. The number of hydrogen-bond donors (Lipinski definition) is 1. The van der Waals surface area contributed by atoms with Gasteiger partial charge in [-0.2, -0.15) is 0 Å². The Kier molecular flexibility index (Phi) is 3.18. The Morgan fingerprint density at radius 2 is 2.27 bits per heavy atom. The van der Waals surface area contributed by atoms with E-state index in [0.717, 1.165) is 15.8 Å². The molecule has 0 aliphatic carbocycles. The summed E-state index contributed by atoms with van der Waals surface area (Å²) in [4.78, 5) is 4.15. The first-order chi connectivity index (χ1) is 7.28. The van der Waals surface area contributed by atoms with Crippen LogP contribution in [0.2, 0.25) is 0 Å². The van der Waals surface area contributed by atoms with E-state index in [9.17, 15) is 0 Å². The molecule has 1 heterocycles. The summed E-state index contributed by atoms with van der Waals surface area (Å²) >= 11 is 3.42. The Morgan fingerprint density at radius 3 is 2.93 bits per heavy atom. The zero-order valence-electron chi connectivity index (χ0n) is 8.11. The van der Waals surface area contributed by atoms with Crippen molar-refractivity contribution in [2.24, 2.45) is 5.73 Å². The second-order valence-electron chi connectivity index (χ2n) is 3.23. The van der Waals surface area contributed by atoms with Crippen molar-refractivity contribution in [1.29, 1.82) is 0 Å². The maximum atomic E-state index is 5.44. The second-order valence-corrected chi connectivity index (χ2v) is 4.15. The number of nitrogens with two attached hydrogens (primary N) is 1. The van der Waals surface area contributed by atoms with Crippen molar-refractivity contribution in [2.45, 2.75) is 13.0 Å². The topological polar surface area (TPSA) is 52.0 Å². The van der Waals surface area contributed by atoms with Gasteiger partial charge in [0.2, 0.25) is 0 Å². The molecule has 0 radical (unpaired) electrons. The largest absolute Gasteiger partial charge is 0.444 e. The fourth-order valence-electron chi connectivity index (χ4n) is 1.35. The van der Waals surface area contributed by atoms with Crippen LogP contribution >= 0.6 is 15.9 Å². The lowest BCUT2D eigenvalue weighted by atomic mass is 10.1. The molecule has 2 aromatic rings. The van der Waals surface area contributed by atoms with Crippen molar-refractivity contribution >= 4 is 15.9 Å². The molecule has 1 aromatic carbocycles. The van der Waals surface area contributed by atoms with Gasteiger partial charge in [-0.1, -0.05) is 28.1 Å². The highest BCUT2D eigenvalue weighted by atomic mass is 79.9. The van der Waals surface area contributed by atoms with E-state index in [-0.39, 0.29) is 0 Å². The Bertz CT molecular complexity index is 453. The Morgan fingerprint density at radius 1 is 1.40 bits per heavy atom. The summed E-state index contributed by atoms with van der Waals surface area (Å²) in [5, 5.41) is 0. The molecule has 0 amide bonds. The van der Waals surface area contributed by atoms with E-state index in [1.54, 1.807) is 6.20 Å². The van der Waals surface area contributed by atoms with Crippen LogP contribution in [0.5, 0.6) is 0 Å². The quantitative estimate of drug-likeness (QED) is 0.929. The molecule has 1 aromatic heterocycles. The highest BCUT2D eigenvalue weighted by Gasteiger charge is 2.03. The summed E-state index contributed by atoms with van der Waals surface area (Å²) in [6.45, 7) is 0.394. The summed E-state index contributed by atoms with van der Waals surface area (Å²) < 4.78 is 6.49. The molecule has 2 rings (SSSR count). The Hall–Kier alpha value is -1.13. The van der Waals surface area contributed by atoms with Gasteiger partial charge in [-0.25, -0.2) is 4.98 Å². The van der Waals surface area contributed by atoms with E-state index >= 15 is 0 Å². The average molecular weight is 267 g/mol. The third-order valence-corrected chi connectivity index (χ3v) is 2.54. The lowest BCUT2D eigenvalue weighted by Crippen LogP contribution is -1.93. The molecule has 0 spiro atoms. The van der Waals surface area contributed by atoms with Crippen LogP contribution in [0, 0.1) is 0 Å². The van der Waals surface area contributed by atoms with Crippen molar-refractivity contribution in [3.8, 4) is 0 Å². The SMILES string of the molecule is NCc1cnc(Cc2cccc(Br)c2)o1. The first-order valence-corrected chi connectivity index (χ1v) is 5.45. The lowest BCUT2D eigenvalue weighted by Gasteiger charge is -1.97. The Balaban J connectivity index is 2.14. The van der Waals surface area contributed by atoms with Crippen LogP contribution in [0.1, 0.15) is 17.2 Å². The third-order valence-electron chi connectivity index (χ3n) is 2.05. The summed E-state index contributed by atoms with van der Waals surface area (Å²) in [7, 11) is 0. The summed E-state index contributed by atoms with van der Waals surface area (Å²) in [5.74, 6) is 1.42. The van der Waals surface area contributed by atoms with Gasteiger partial charge in [-0.3, -0.25) is 0 Å². The van der Waals surface area contributed by atoms with Gasteiger partial charge in [0.1, 0.15) is 5.76 Å². The molecule has 0 unspecified atom stereocenters. The number of aromatic nitrogens is 1. The summed E-state index contributed by atoms with van der Waals surface area (Å²) in [5.41, 5.74) is 6.60. The number of halogens is 1. The number of hydrogen-bond acceptors (Lipinski definition) is 3. The Labute approximate surface area is 96.4 Å². The molecule has 2 N–H and O–H groups in total. The second kappa shape index (κ2) is 4.59. The van der Waals surface area contributed by atoms with E-state index in [1.807, 2.05) is 24.3 Å². The number of nitrogens with zero attached hydrogens (tertiary/aromatic N) is 1. The minimum atomic E-state index is 0.394. The molecule has 0 saturated heterocycles. The predicted octanol–water partition coefficient (Wildman–Crippen LogP) is 2.49. The molecule has 0 saturated carbocycles. The van der Waals surface area contributed by atoms with E-state index in [0.29, 0.717) is 18.9 Å². The van der Waals surface area contributed by atoms with E-state index in [1.165, 1.54) is 0 Å². The summed E-state index contributed by atoms with van der Waals surface area (Å²) in [6.07, 6.45) is 2.37. The average Bonchev–Trinajstić information content (AvgIpc) is 2.65. The number of benzene rings is 1. The lowest BCUT2D eigenvalue weighted by molar-refractivity contribution is 0.465. The van der Waals surface area contributed by atoms with Crippen LogP contribution in [0.25, 0.3) is 0 Å². The zero-order valence-corrected chi connectivity index (χ0v) is 9.70. The fraction of sp³-hybridized carbons (Fsp3) is 0.182. The van der Waals surface area contributed by atoms with E-state index in [4.69, 9.17) is 10.2 Å². The first kappa shape index (κ1) is 10.4. The van der Waals surface area contributed by atoms with Crippen LogP contribution in [-0.4, -0.2) is 4.98 Å². The van der Waals surface area contributed by atoms with Gasteiger partial charge in [0, 0.05) is 10.9 Å². The standard InChI is InChI=1S/C11H11BrN2O/c12-9-3-1-2-8(4-9)5-11-14-7-10(6-13)15-11/h1-4,7H,5-6,13H2. The molecule has 0 aliphatic rings. The van der Waals surface area contributed by atoms with Crippen molar-refractivity contribution in [3.05, 3.63) is 52.1 Å². The normalized spacial score (nSPS) is 10.5. The molecular formula is C11H11BrN2O. The monoisotopic (exact) mass is 266 g/mol. The highest BCUT2D eigenvalue weighted by Crippen LogP contribution is 2.15. The van der Waals surface area contributed by atoms with Crippen molar-refractivity contribution < 1.29 is 4.42 Å². The van der Waals surface area contributed by atoms with Gasteiger partial charge in [-0.05, 0) is 17.7 Å². The maximum Gasteiger partial charge on any atom is 0.198 e. The molecule has 4 heteroatoms. The molecule has 0 bridgehead atoms. The highest BCUT2D eigenvalue weighted by molar-refractivity contribution is 9.10. The van der Waals surface area contributed by atoms with Crippen LogP contribution in [0.4, 0.5) is 0 Å². The van der Waals surface area contributed by atoms with Gasteiger partial charge in [0.15, 0.2) is 5.89 Å². The van der Waals surface area contributed by atoms with Gasteiger partial charge < -0.3 is 10.2 Å². The molecule has 78 valence electrons. The molecule has 15 heavy (non-hydrogen) atoms. The molecule has 0 fully saturated rings. The van der Waals surface area contributed by atoms with Gasteiger partial charge >= 0.3 is 0 Å². The van der Waals surface area contributed by atoms with Crippen LogP contribution in [0.15, 0.2) is 39.4 Å². The van der Waals surface area contributed by atoms with Crippen molar-refractivity contribution in [1.82, 2.24) is 4.98 Å². The minimum absolute atomic E-state index is 0.394. The van der Waals surface area contributed by atoms with Gasteiger partial charge in [0.25, 0.3) is 0 Å². The van der Waals surface area contributed by atoms with Gasteiger partial charge in [0.05, 0.1) is 12.7 Å². The smallest absolute Gasteiger partial charge is 0.198 e. The van der Waals surface area contributed by atoms with Crippen LogP contribution < -0.4 is 5.73 Å². The maximum absolute atomic E-state index is 5.44. The van der Waals surface area contributed by atoms with Crippen molar-refractivity contribution in [3.63, 3.8) is 0 Å². The minimum Gasteiger partial charge on any atom is -0.444 e. The predicted molar refractivity (Wildman–Crippen MR) is 61.3 cm³/mol. The third kappa shape index (κ3) is 2.67. The number of rotatable bonds is 3. The van der Waals surface area contributed by atoms with Crippen LogP contribution in [-0.2, 0) is 13.0 Å². The first-order valence-electron chi connectivity index (χ1n) is 4.66. The fourth-order valence-corrected chi connectivity index (χ4v) is 1.79. The van der Waals surface area contributed by atoms with Crippen molar-refractivity contribution in [2.75, 3.05) is 0 Å². The molecule has 3 nitrogen and oxygen atoms in total. The van der Waals surface area contributed by atoms with Gasteiger partial charge in [-0.15, -0.1) is 0 Å². The zero-order chi connectivity index (χ0) is 10.7. The van der Waals surface area contributed by atoms with Crippen LogP contribution in [0.3, 0.4) is 0 Å². The van der Waals surface area contributed by atoms with E-state index in [2.05, 4.69) is 20.9 Å². The summed E-state index contributed by atoms with van der Waals surface area (Å²) in [6, 6.07) is 8.07. The molecule has 0 atom stereocenters. The molecular weight excluding hydrogens is 256 g/mol.